The van der Waals surface area contributed by atoms with Crippen LogP contribution in [0.5, 0.6) is 0 Å². The number of nitrogens with zero attached hydrogens (tertiary/aromatic N) is 4. The number of ether oxygens (including phenoxy) is 1. The zero-order chi connectivity index (χ0) is 21.0. The zero-order valence-electron chi connectivity index (χ0n) is 16.3. The number of carbonyl (C=O) groups is 2. The van der Waals surface area contributed by atoms with Crippen LogP contribution in [-0.4, -0.2) is 56.7 Å². The summed E-state index contributed by atoms with van der Waals surface area (Å²) in [5.41, 5.74) is -0.580. The zero-order valence-corrected chi connectivity index (χ0v) is 16.3. The Morgan fingerprint density at radius 1 is 1.17 bits per heavy atom. The van der Waals surface area contributed by atoms with Crippen molar-refractivity contribution in [1.82, 2.24) is 19.9 Å². The minimum atomic E-state index is -1.01. The molecule has 2 atom stereocenters. The van der Waals surface area contributed by atoms with Crippen molar-refractivity contribution in [3.8, 4) is 0 Å². The van der Waals surface area contributed by atoms with Crippen LogP contribution in [0.15, 0.2) is 22.7 Å². The number of fused-ring (bicyclic) bond motifs is 1. The van der Waals surface area contributed by atoms with Crippen molar-refractivity contribution >= 4 is 11.8 Å². The summed E-state index contributed by atoms with van der Waals surface area (Å²) in [5, 5.41) is 3.65. The van der Waals surface area contributed by atoms with Crippen LogP contribution in [0.3, 0.4) is 0 Å². The number of aryl methyl sites for hydroxylation is 1. The number of rotatable bonds is 2. The first-order chi connectivity index (χ1) is 14.4. The molecule has 4 heterocycles. The minimum Gasteiger partial charge on any atom is -0.342 e. The molecule has 0 saturated carbocycles. The molecule has 1 aromatic heterocycles. The molecule has 0 unspecified atom stereocenters. The lowest BCUT2D eigenvalue weighted by Crippen LogP contribution is -2.51. The Hall–Kier alpha value is -2.88. The number of halogens is 2. The van der Waals surface area contributed by atoms with Crippen LogP contribution in [0.1, 0.15) is 53.8 Å². The molecule has 2 amide bonds. The van der Waals surface area contributed by atoms with Crippen molar-refractivity contribution in [2.75, 3.05) is 13.1 Å². The molecular weight excluding hydrogens is 398 g/mol. The number of carbonyl (C=O) groups excluding carboxylic acids is 2. The van der Waals surface area contributed by atoms with Gasteiger partial charge in [-0.25, -0.2) is 8.78 Å². The quantitative estimate of drug-likeness (QED) is 0.744. The third-order valence-electron chi connectivity index (χ3n) is 6.17. The van der Waals surface area contributed by atoms with E-state index in [-0.39, 0.29) is 17.6 Å². The Bertz CT molecular complexity index is 998. The number of hydrogen-bond donors (Lipinski definition) is 0. The maximum absolute atomic E-state index is 13.7. The normalized spacial score (nSPS) is 25.2. The van der Waals surface area contributed by atoms with Gasteiger partial charge in [-0.2, -0.15) is 4.98 Å². The third-order valence-corrected chi connectivity index (χ3v) is 6.17. The van der Waals surface area contributed by atoms with Crippen LogP contribution in [0, 0.1) is 18.6 Å². The van der Waals surface area contributed by atoms with Crippen LogP contribution in [0.4, 0.5) is 8.78 Å². The van der Waals surface area contributed by atoms with E-state index in [0.717, 1.165) is 6.07 Å². The van der Waals surface area contributed by atoms with Gasteiger partial charge in [-0.05, 0) is 30.5 Å². The predicted molar refractivity (Wildman–Crippen MR) is 97.0 cm³/mol. The fourth-order valence-electron chi connectivity index (χ4n) is 4.74. The summed E-state index contributed by atoms with van der Waals surface area (Å²) in [4.78, 5) is 33.0. The average molecular weight is 418 g/mol. The number of piperidine rings is 1. The van der Waals surface area contributed by atoms with E-state index in [1.165, 1.54) is 12.1 Å². The highest BCUT2D eigenvalue weighted by Gasteiger charge is 2.58. The summed E-state index contributed by atoms with van der Waals surface area (Å²) in [7, 11) is 0. The van der Waals surface area contributed by atoms with Gasteiger partial charge >= 0.3 is 0 Å². The summed E-state index contributed by atoms with van der Waals surface area (Å²) in [6.07, 6.45) is 1.44. The first-order valence-electron chi connectivity index (χ1n) is 9.92. The number of aromatic nitrogens is 2. The molecule has 8 nitrogen and oxygen atoms in total. The Balaban J connectivity index is 1.32. The van der Waals surface area contributed by atoms with Gasteiger partial charge in [0.2, 0.25) is 5.89 Å². The van der Waals surface area contributed by atoms with Crippen molar-refractivity contribution in [3.63, 3.8) is 0 Å². The smallest absolute Gasteiger partial charge is 0.295 e. The van der Waals surface area contributed by atoms with Gasteiger partial charge in [0.1, 0.15) is 17.9 Å². The second-order valence-electron chi connectivity index (χ2n) is 8.00. The Labute approximate surface area is 170 Å². The highest BCUT2D eigenvalue weighted by atomic mass is 19.1. The molecule has 10 heteroatoms. The van der Waals surface area contributed by atoms with Crippen molar-refractivity contribution in [2.45, 2.75) is 50.5 Å². The van der Waals surface area contributed by atoms with E-state index in [2.05, 4.69) is 10.1 Å². The molecule has 3 fully saturated rings. The van der Waals surface area contributed by atoms with Crippen LogP contribution in [-0.2, 0) is 9.53 Å². The van der Waals surface area contributed by atoms with E-state index in [1.54, 1.807) is 16.7 Å². The summed E-state index contributed by atoms with van der Waals surface area (Å²) < 4.78 is 38.4. The SMILES string of the molecule is Cc1nc(C(=O)N2CCC3(CC2)O[C@@H]2CC[C@@H](c4cc(F)cc(F)c4)N2C3=O)no1. The van der Waals surface area contributed by atoms with Crippen molar-refractivity contribution in [2.24, 2.45) is 0 Å². The van der Waals surface area contributed by atoms with Crippen molar-refractivity contribution in [1.29, 1.82) is 0 Å². The molecule has 0 N–H and O–H groups in total. The lowest BCUT2D eigenvalue weighted by atomic mass is 9.89. The number of hydrogen-bond acceptors (Lipinski definition) is 6. The Kier molecular flexibility index (Phi) is 4.35. The van der Waals surface area contributed by atoms with Crippen LogP contribution < -0.4 is 0 Å². The van der Waals surface area contributed by atoms with Gasteiger partial charge in [0.15, 0.2) is 5.60 Å². The molecule has 1 aromatic carbocycles. The maximum Gasteiger partial charge on any atom is 0.295 e. The molecule has 3 saturated heterocycles. The predicted octanol–water partition coefficient (Wildman–Crippen LogP) is 2.35. The Morgan fingerprint density at radius 2 is 1.87 bits per heavy atom. The largest absolute Gasteiger partial charge is 0.342 e. The Morgan fingerprint density at radius 3 is 2.50 bits per heavy atom. The molecule has 0 bridgehead atoms. The molecule has 5 rings (SSSR count). The average Bonchev–Trinajstić information content (AvgIpc) is 3.38. The minimum absolute atomic E-state index is 0.00377. The summed E-state index contributed by atoms with van der Waals surface area (Å²) in [6, 6.07) is 2.93. The van der Waals surface area contributed by atoms with Crippen LogP contribution in [0.25, 0.3) is 0 Å². The number of amides is 2. The molecular formula is C20H20F2N4O4. The molecule has 30 heavy (non-hydrogen) atoms. The molecule has 3 aliphatic rings. The van der Waals surface area contributed by atoms with E-state index in [1.807, 2.05) is 0 Å². The fraction of sp³-hybridized carbons (Fsp3) is 0.500. The highest BCUT2D eigenvalue weighted by Crippen LogP contribution is 2.47. The van der Waals surface area contributed by atoms with Gasteiger partial charge in [-0.3, -0.25) is 9.59 Å². The van der Waals surface area contributed by atoms with E-state index in [9.17, 15) is 18.4 Å². The highest BCUT2D eigenvalue weighted by molar-refractivity contribution is 5.91. The maximum atomic E-state index is 13.7. The summed E-state index contributed by atoms with van der Waals surface area (Å²) in [6.45, 7) is 2.24. The lowest BCUT2D eigenvalue weighted by Gasteiger charge is -2.37. The molecule has 2 aromatic rings. The van der Waals surface area contributed by atoms with E-state index >= 15 is 0 Å². The van der Waals surface area contributed by atoms with Crippen molar-refractivity contribution in [3.05, 3.63) is 47.1 Å². The standard InChI is InChI=1S/C20H20F2N4O4/c1-11-23-17(24-30-11)18(27)25-6-4-20(5-7-25)19(28)26-15(2-3-16(26)29-20)12-8-13(21)10-14(22)9-12/h8-10,15-16H,2-7H2,1H3/t15-,16+/m0/s1. The van der Waals surface area contributed by atoms with Gasteiger partial charge in [0, 0.05) is 38.9 Å². The number of likely N-dealkylation sites (tertiary alicyclic amines) is 1. The second kappa shape index (κ2) is 6.83. The van der Waals surface area contributed by atoms with Gasteiger partial charge in [-0.1, -0.05) is 5.16 Å². The molecule has 3 aliphatic heterocycles. The lowest BCUT2D eigenvalue weighted by molar-refractivity contribution is -0.142. The summed E-state index contributed by atoms with van der Waals surface area (Å²) in [5.74, 6) is -1.56. The number of benzene rings is 1. The van der Waals surface area contributed by atoms with Gasteiger partial charge in [0.25, 0.3) is 17.6 Å². The van der Waals surface area contributed by atoms with Gasteiger partial charge < -0.3 is 19.1 Å². The molecule has 158 valence electrons. The molecule has 1 spiro atoms. The molecule has 0 radical (unpaired) electrons. The van der Waals surface area contributed by atoms with Gasteiger partial charge in [-0.15, -0.1) is 0 Å². The first-order valence-corrected chi connectivity index (χ1v) is 9.92. The van der Waals surface area contributed by atoms with E-state index < -0.39 is 29.5 Å². The van der Waals surface area contributed by atoms with Gasteiger partial charge in [0.05, 0.1) is 6.04 Å². The first kappa shape index (κ1) is 19.1. The monoisotopic (exact) mass is 418 g/mol. The summed E-state index contributed by atoms with van der Waals surface area (Å²) >= 11 is 0. The molecule has 0 aliphatic carbocycles. The fourth-order valence-corrected chi connectivity index (χ4v) is 4.74. The topological polar surface area (TPSA) is 88.8 Å². The van der Waals surface area contributed by atoms with Crippen molar-refractivity contribution < 1.29 is 27.6 Å². The van der Waals surface area contributed by atoms with Crippen LogP contribution >= 0.6 is 0 Å². The van der Waals surface area contributed by atoms with Crippen LogP contribution in [0.2, 0.25) is 0 Å². The second-order valence-corrected chi connectivity index (χ2v) is 8.00. The van der Waals surface area contributed by atoms with E-state index in [4.69, 9.17) is 9.26 Å². The third kappa shape index (κ3) is 2.97. The van der Waals surface area contributed by atoms with E-state index in [0.29, 0.717) is 50.2 Å².